The molecule has 3 aromatic rings. The van der Waals surface area contributed by atoms with E-state index in [9.17, 15) is 9.18 Å². The number of nitrogens with zero attached hydrogens (tertiary/aromatic N) is 3. The van der Waals surface area contributed by atoms with Gasteiger partial charge in [-0.1, -0.05) is 30.3 Å². The van der Waals surface area contributed by atoms with Gasteiger partial charge in [0.1, 0.15) is 17.5 Å². The number of hydrogen-bond acceptors (Lipinski definition) is 4. The number of amides is 2. The summed E-state index contributed by atoms with van der Waals surface area (Å²) in [5, 5.41) is 5.69. The minimum Gasteiger partial charge on any atom is -0.354 e. The van der Waals surface area contributed by atoms with Gasteiger partial charge in [0, 0.05) is 37.4 Å². The average Bonchev–Trinajstić information content (AvgIpc) is 3.19. The smallest absolute Gasteiger partial charge is 0.319 e. The van der Waals surface area contributed by atoms with E-state index in [-0.39, 0.29) is 17.9 Å². The minimum atomic E-state index is -0.334. The zero-order valence-electron chi connectivity index (χ0n) is 15.9. The Hall–Kier alpha value is -3.48. The molecule has 0 spiro atoms. The maximum Gasteiger partial charge on any atom is 0.319 e. The molecule has 7 heteroatoms. The van der Waals surface area contributed by atoms with Gasteiger partial charge in [0.25, 0.3) is 0 Å². The number of urea groups is 1. The fourth-order valence-electron chi connectivity index (χ4n) is 3.40. The normalized spacial score (nSPS) is 15.9. The van der Waals surface area contributed by atoms with E-state index in [0.29, 0.717) is 18.7 Å². The summed E-state index contributed by atoms with van der Waals surface area (Å²) in [5.41, 5.74) is 1.73. The molecule has 0 radical (unpaired) electrons. The summed E-state index contributed by atoms with van der Waals surface area (Å²) < 4.78 is 13.0. The fourth-order valence-corrected chi connectivity index (χ4v) is 3.40. The summed E-state index contributed by atoms with van der Waals surface area (Å²) in [6, 6.07) is 17.4. The van der Waals surface area contributed by atoms with E-state index in [1.807, 2.05) is 24.3 Å². The van der Waals surface area contributed by atoms with E-state index in [4.69, 9.17) is 4.98 Å². The molecule has 2 amide bonds. The van der Waals surface area contributed by atoms with Crippen LogP contribution in [0.25, 0.3) is 0 Å². The van der Waals surface area contributed by atoms with Crippen LogP contribution in [0.1, 0.15) is 17.8 Å². The van der Waals surface area contributed by atoms with Crippen LogP contribution in [0.5, 0.6) is 0 Å². The standard InChI is InChI=1S/C22H22FN5O/c23-17-6-8-18(9-7-17)25-22(29)26-19-11-13-28(15-19)21-10-12-24-20(27-21)14-16-4-2-1-3-5-16/h1-10,12,19H,11,13-15H2,(H2,25,26,29). The predicted molar refractivity (Wildman–Crippen MR) is 110 cm³/mol. The third-order valence-electron chi connectivity index (χ3n) is 4.85. The lowest BCUT2D eigenvalue weighted by Gasteiger charge is -2.18. The van der Waals surface area contributed by atoms with Crippen molar-refractivity contribution >= 4 is 17.5 Å². The second kappa shape index (κ2) is 8.68. The molecule has 6 nitrogen and oxygen atoms in total. The van der Waals surface area contributed by atoms with E-state index in [1.165, 1.54) is 29.8 Å². The van der Waals surface area contributed by atoms with Crippen LogP contribution in [0.15, 0.2) is 66.9 Å². The van der Waals surface area contributed by atoms with Gasteiger partial charge in [-0.2, -0.15) is 0 Å². The number of hydrogen-bond donors (Lipinski definition) is 2. The monoisotopic (exact) mass is 391 g/mol. The Kier molecular flexibility index (Phi) is 5.65. The predicted octanol–water partition coefficient (Wildman–Crippen LogP) is 3.61. The number of anilines is 2. The number of carbonyl (C=O) groups excluding carboxylic acids is 1. The second-order valence-electron chi connectivity index (χ2n) is 7.03. The summed E-state index contributed by atoms with van der Waals surface area (Å²) in [4.78, 5) is 23.4. The Morgan fingerprint density at radius 3 is 2.69 bits per heavy atom. The Bertz CT molecular complexity index is 964. The molecule has 1 fully saturated rings. The highest BCUT2D eigenvalue weighted by Gasteiger charge is 2.25. The molecule has 29 heavy (non-hydrogen) atoms. The van der Waals surface area contributed by atoms with Gasteiger partial charge in [-0.15, -0.1) is 0 Å². The lowest BCUT2D eigenvalue weighted by Crippen LogP contribution is -2.39. The number of halogens is 1. The van der Waals surface area contributed by atoms with E-state index < -0.39 is 0 Å². The highest BCUT2D eigenvalue weighted by Crippen LogP contribution is 2.19. The van der Waals surface area contributed by atoms with E-state index in [2.05, 4.69) is 32.7 Å². The molecule has 0 aliphatic carbocycles. The summed E-state index contributed by atoms with van der Waals surface area (Å²) >= 11 is 0. The summed E-state index contributed by atoms with van der Waals surface area (Å²) in [5.74, 6) is 1.31. The number of aromatic nitrogens is 2. The second-order valence-corrected chi connectivity index (χ2v) is 7.03. The third kappa shape index (κ3) is 5.07. The molecule has 148 valence electrons. The lowest BCUT2D eigenvalue weighted by molar-refractivity contribution is 0.249. The lowest BCUT2D eigenvalue weighted by atomic mass is 10.1. The molecule has 1 aliphatic rings. The Morgan fingerprint density at radius 1 is 1.10 bits per heavy atom. The van der Waals surface area contributed by atoms with Gasteiger partial charge in [-0.3, -0.25) is 0 Å². The van der Waals surface area contributed by atoms with E-state index in [1.54, 1.807) is 6.20 Å². The van der Waals surface area contributed by atoms with Gasteiger partial charge in [0.2, 0.25) is 0 Å². The van der Waals surface area contributed by atoms with Crippen molar-refractivity contribution in [3.8, 4) is 0 Å². The summed E-state index contributed by atoms with van der Waals surface area (Å²) in [6.45, 7) is 1.49. The molecule has 1 unspecified atom stereocenters. The highest BCUT2D eigenvalue weighted by molar-refractivity contribution is 5.89. The summed E-state index contributed by atoms with van der Waals surface area (Å²) in [6.07, 6.45) is 3.29. The topological polar surface area (TPSA) is 70.2 Å². The quantitative estimate of drug-likeness (QED) is 0.697. The van der Waals surface area contributed by atoms with E-state index >= 15 is 0 Å². The highest BCUT2D eigenvalue weighted by atomic mass is 19.1. The Labute approximate surface area is 168 Å². The first kappa shape index (κ1) is 18.9. The van der Waals surface area contributed by atoms with Crippen LogP contribution in [-0.4, -0.2) is 35.1 Å². The number of benzene rings is 2. The zero-order chi connectivity index (χ0) is 20.1. The molecule has 1 aliphatic heterocycles. The van der Waals surface area contributed by atoms with Gasteiger partial charge in [0.15, 0.2) is 0 Å². The fraction of sp³-hybridized carbons (Fsp3) is 0.227. The van der Waals surface area contributed by atoms with Gasteiger partial charge in [-0.05, 0) is 42.3 Å². The molecule has 1 saturated heterocycles. The van der Waals surface area contributed by atoms with E-state index in [0.717, 1.165) is 24.6 Å². The third-order valence-corrected chi connectivity index (χ3v) is 4.85. The first-order chi connectivity index (χ1) is 14.2. The van der Waals surface area contributed by atoms with Gasteiger partial charge in [0.05, 0.1) is 0 Å². The Balaban J connectivity index is 1.33. The molecule has 1 aromatic heterocycles. The molecule has 0 saturated carbocycles. The van der Waals surface area contributed by atoms with Crippen molar-refractivity contribution in [2.75, 3.05) is 23.3 Å². The van der Waals surface area contributed by atoms with Gasteiger partial charge < -0.3 is 15.5 Å². The SMILES string of the molecule is O=C(Nc1ccc(F)cc1)NC1CCN(c2ccnc(Cc3ccccc3)n2)C1. The van der Waals surface area contributed by atoms with Crippen molar-refractivity contribution in [3.05, 3.63) is 84.1 Å². The number of carbonyl (C=O) groups is 1. The van der Waals surface area contributed by atoms with Crippen molar-refractivity contribution < 1.29 is 9.18 Å². The van der Waals surface area contributed by atoms with Crippen molar-refractivity contribution in [1.82, 2.24) is 15.3 Å². The minimum absolute atomic E-state index is 0.0167. The molecule has 2 heterocycles. The number of rotatable bonds is 5. The summed E-state index contributed by atoms with van der Waals surface area (Å²) in [7, 11) is 0. The van der Waals surface area contributed by atoms with Crippen LogP contribution < -0.4 is 15.5 Å². The Morgan fingerprint density at radius 2 is 1.90 bits per heavy atom. The molecule has 4 rings (SSSR count). The van der Waals surface area contributed by atoms with Crippen LogP contribution in [0, 0.1) is 5.82 Å². The molecular formula is C22H22FN5O. The average molecular weight is 391 g/mol. The largest absolute Gasteiger partial charge is 0.354 e. The molecule has 1 atom stereocenters. The number of nitrogens with one attached hydrogen (secondary N) is 2. The van der Waals surface area contributed by atoms with Crippen LogP contribution in [0.3, 0.4) is 0 Å². The van der Waals surface area contributed by atoms with Crippen molar-refractivity contribution in [2.45, 2.75) is 18.9 Å². The maximum atomic E-state index is 13.0. The van der Waals surface area contributed by atoms with Gasteiger partial charge in [-0.25, -0.2) is 19.2 Å². The maximum absolute atomic E-state index is 13.0. The molecule has 2 aromatic carbocycles. The van der Waals surface area contributed by atoms with Crippen LogP contribution in [-0.2, 0) is 6.42 Å². The van der Waals surface area contributed by atoms with Gasteiger partial charge >= 0.3 is 6.03 Å². The molecular weight excluding hydrogens is 369 g/mol. The van der Waals surface area contributed by atoms with Crippen LogP contribution >= 0.6 is 0 Å². The first-order valence-electron chi connectivity index (χ1n) is 9.59. The van der Waals surface area contributed by atoms with Crippen molar-refractivity contribution in [1.29, 1.82) is 0 Å². The van der Waals surface area contributed by atoms with Crippen LogP contribution in [0.2, 0.25) is 0 Å². The van der Waals surface area contributed by atoms with Crippen molar-refractivity contribution in [2.24, 2.45) is 0 Å². The molecule has 2 N–H and O–H groups in total. The first-order valence-corrected chi connectivity index (χ1v) is 9.59. The zero-order valence-corrected chi connectivity index (χ0v) is 15.9. The molecule has 0 bridgehead atoms. The van der Waals surface area contributed by atoms with Crippen molar-refractivity contribution in [3.63, 3.8) is 0 Å². The van der Waals surface area contributed by atoms with Crippen LogP contribution in [0.4, 0.5) is 20.7 Å².